The van der Waals surface area contributed by atoms with Crippen LogP contribution in [-0.4, -0.2) is 44.2 Å². The Hall–Kier alpha value is 0.539. The summed E-state index contributed by atoms with van der Waals surface area (Å²) in [4.78, 5) is 2.11. The van der Waals surface area contributed by atoms with Crippen molar-refractivity contribution in [2.75, 3.05) is 19.8 Å². The first-order valence-electron chi connectivity index (χ1n) is 3.52. The van der Waals surface area contributed by atoms with Crippen molar-refractivity contribution in [2.24, 2.45) is 0 Å². The number of thioether (sulfide) groups is 1. The average molecular weight is 224 g/mol. The summed E-state index contributed by atoms with van der Waals surface area (Å²) in [5.74, 6) is 1.23. The summed E-state index contributed by atoms with van der Waals surface area (Å²) in [5.41, 5.74) is 0. The van der Waals surface area contributed by atoms with Gasteiger partial charge in [-0.3, -0.25) is 0 Å². The summed E-state index contributed by atoms with van der Waals surface area (Å²) in [7, 11) is 4.12. The molecule has 0 aromatic heterocycles. The molecule has 0 aromatic rings. The van der Waals surface area contributed by atoms with Gasteiger partial charge in [0.15, 0.2) is 0 Å². The van der Waals surface area contributed by atoms with Crippen LogP contribution in [0.15, 0.2) is 0 Å². The van der Waals surface area contributed by atoms with Crippen molar-refractivity contribution in [3.8, 4) is 0 Å². The van der Waals surface area contributed by atoms with E-state index in [-0.39, 0.29) is 0 Å². The maximum absolute atomic E-state index is 3.04. The second-order valence-electron chi connectivity index (χ2n) is 2.36. The second kappa shape index (κ2) is 6.26. The van der Waals surface area contributed by atoms with E-state index in [1.165, 1.54) is 22.5 Å². The molecule has 0 fully saturated rings. The molecule has 0 aliphatic heterocycles. The normalized spacial score (nSPS) is 9.50. The van der Waals surface area contributed by atoms with Crippen LogP contribution < -0.4 is 0 Å². The Morgan fingerprint density at radius 2 is 2.10 bits per heavy atom. The van der Waals surface area contributed by atoms with Crippen LogP contribution in [0.5, 0.6) is 0 Å². The third-order valence-corrected chi connectivity index (χ3v) is 3.70. The minimum absolute atomic E-state index is 1.23. The van der Waals surface area contributed by atoms with E-state index >= 15 is 0 Å². The molecule has 0 saturated carbocycles. The van der Waals surface area contributed by atoms with E-state index < -0.39 is 0 Å². The van der Waals surface area contributed by atoms with E-state index in [1.54, 1.807) is 0 Å². The van der Waals surface area contributed by atoms with E-state index in [1.807, 2.05) is 11.8 Å². The van der Waals surface area contributed by atoms with Crippen molar-refractivity contribution in [3.05, 3.63) is 0 Å². The van der Waals surface area contributed by atoms with Crippen molar-refractivity contribution < 1.29 is 0 Å². The van der Waals surface area contributed by atoms with Crippen molar-refractivity contribution in [2.45, 2.75) is 19.8 Å². The van der Waals surface area contributed by atoms with Gasteiger partial charge >= 0.3 is 75.7 Å². The van der Waals surface area contributed by atoms with Gasteiger partial charge in [-0.05, 0) is 0 Å². The summed E-state index contributed by atoms with van der Waals surface area (Å²) in [6.07, 6.45) is 2.59. The van der Waals surface area contributed by atoms with Gasteiger partial charge < -0.3 is 0 Å². The van der Waals surface area contributed by atoms with Crippen LogP contribution >= 0.6 is 11.8 Å². The standard InChI is InChI=1S/C7H15NSSe/c1-4-5-6-9-7(10)8(2)3/h4-6H2,1-3H3. The first kappa shape index (κ1) is 10.5. The monoisotopic (exact) mass is 225 g/mol. The van der Waals surface area contributed by atoms with Gasteiger partial charge in [0.05, 0.1) is 0 Å². The molecule has 0 atom stereocenters. The van der Waals surface area contributed by atoms with E-state index in [4.69, 9.17) is 0 Å². The molecule has 0 spiro atoms. The van der Waals surface area contributed by atoms with E-state index in [2.05, 4.69) is 41.5 Å². The van der Waals surface area contributed by atoms with Crippen LogP contribution in [-0.2, 0) is 0 Å². The van der Waals surface area contributed by atoms with Gasteiger partial charge in [0.25, 0.3) is 0 Å². The van der Waals surface area contributed by atoms with Crippen LogP contribution in [0.2, 0.25) is 0 Å². The molecule has 0 N–H and O–H groups in total. The molecule has 1 nitrogen and oxygen atoms in total. The van der Waals surface area contributed by atoms with Crippen LogP contribution in [0.3, 0.4) is 0 Å². The summed E-state index contributed by atoms with van der Waals surface area (Å²) in [5, 5.41) is 0. The summed E-state index contributed by atoms with van der Waals surface area (Å²) < 4.78 is 1.29. The molecule has 3 heteroatoms. The number of rotatable bonds is 5. The molecule has 0 unspecified atom stereocenters. The molecule has 0 saturated heterocycles. The molecule has 60 valence electrons. The molecular formula is C7H15NSSe. The fourth-order valence-corrected chi connectivity index (χ4v) is 1.82. The van der Waals surface area contributed by atoms with Crippen molar-refractivity contribution in [3.63, 3.8) is 0 Å². The van der Waals surface area contributed by atoms with Gasteiger partial charge in [-0.25, -0.2) is 0 Å². The fourth-order valence-electron chi connectivity index (χ4n) is 0.433. The Kier molecular flexibility index (Phi) is 6.60. The number of unbranched alkanes of at least 4 members (excludes halogenated alkanes) is 1. The molecule has 0 amide bonds. The molecular weight excluding hydrogens is 209 g/mol. The molecule has 0 radical (unpaired) electrons. The Balaban J connectivity index is 3.22. The minimum atomic E-state index is 1.23. The van der Waals surface area contributed by atoms with Gasteiger partial charge in [-0.1, -0.05) is 0 Å². The third kappa shape index (κ3) is 5.33. The molecule has 0 bridgehead atoms. The predicted molar refractivity (Wildman–Crippen MR) is 51.8 cm³/mol. The zero-order valence-corrected chi connectivity index (χ0v) is 9.41. The average Bonchev–Trinajstić information content (AvgIpc) is 1.88. The van der Waals surface area contributed by atoms with Gasteiger partial charge in [-0.15, -0.1) is 0 Å². The number of hydrogen-bond donors (Lipinski definition) is 0. The predicted octanol–water partition coefficient (Wildman–Crippen LogP) is 1.34. The van der Waals surface area contributed by atoms with Crippen molar-refractivity contribution >= 4 is 31.2 Å². The van der Waals surface area contributed by atoms with E-state index in [0.717, 1.165) is 0 Å². The maximum atomic E-state index is 3.04. The van der Waals surface area contributed by atoms with Gasteiger partial charge in [0, 0.05) is 0 Å². The SMILES string of the molecule is CCCCSC(=[Se])N(C)C. The Morgan fingerprint density at radius 1 is 1.50 bits per heavy atom. The number of hydrogen-bond acceptors (Lipinski definition) is 2. The summed E-state index contributed by atoms with van der Waals surface area (Å²) in [6.45, 7) is 2.22. The number of nitrogens with zero attached hydrogens (tertiary/aromatic N) is 1. The van der Waals surface area contributed by atoms with Crippen LogP contribution in [0, 0.1) is 0 Å². The van der Waals surface area contributed by atoms with Gasteiger partial charge in [-0.2, -0.15) is 0 Å². The Morgan fingerprint density at radius 3 is 2.50 bits per heavy atom. The third-order valence-electron chi connectivity index (χ3n) is 1.09. The molecule has 0 aromatic carbocycles. The molecule has 0 aliphatic rings. The Bertz CT molecular complexity index is 104. The van der Waals surface area contributed by atoms with Gasteiger partial charge in [0.1, 0.15) is 0 Å². The molecule has 0 rings (SSSR count). The zero-order valence-electron chi connectivity index (χ0n) is 6.89. The second-order valence-corrected chi connectivity index (χ2v) is 4.84. The van der Waals surface area contributed by atoms with Crippen molar-refractivity contribution in [1.29, 1.82) is 0 Å². The summed E-state index contributed by atoms with van der Waals surface area (Å²) in [6, 6.07) is 0. The Labute approximate surface area is 75.9 Å². The quantitative estimate of drug-likeness (QED) is 0.512. The molecule has 10 heavy (non-hydrogen) atoms. The van der Waals surface area contributed by atoms with E-state index in [9.17, 15) is 0 Å². The molecule has 0 heterocycles. The zero-order chi connectivity index (χ0) is 7.98. The first-order chi connectivity index (χ1) is 4.68. The first-order valence-corrected chi connectivity index (χ1v) is 5.36. The molecule has 0 aliphatic carbocycles. The van der Waals surface area contributed by atoms with Crippen LogP contribution in [0.25, 0.3) is 0 Å². The van der Waals surface area contributed by atoms with E-state index in [0.29, 0.717) is 0 Å². The topological polar surface area (TPSA) is 3.24 Å². The van der Waals surface area contributed by atoms with Crippen molar-refractivity contribution in [1.82, 2.24) is 4.90 Å². The van der Waals surface area contributed by atoms with Crippen LogP contribution in [0.4, 0.5) is 0 Å². The fraction of sp³-hybridized carbons (Fsp3) is 0.857. The van der Waals surface area contributed by atoms with Gasteiger partial charge in [0.2, 0.25) is 0 Å². The van der Waals surface area contributed by atoms with Crippen LogP contribution in [0.1, 0.15) is 19.8 Å². The summed E-state index contributed by atoms with van der Waals surface area (Å²) >= 11 is 4.94.